The molecule has 0 aliphatic heterocycles. The van der Waals surface area contributed by atoms with Gasteiger partial charge in [-0.25, -0.2) is 17.2 Å². The number of anilines is 1. The fourth-order valence-corrected chi connectivity index (χ4v) is 3.16. The topological polar surface area (TPSA) is 46.2 Å². The summed E-state index contributed by atoms with van der Waals surface area (Å²) in [7, 11) is -4.31. The van der Waals surface area contributed by atoms with Crippen molar-refractivity contribution in [2.45, 2.75) is 18.7 Å². The molecule has 6 heteroatoms. The van der Waals surface area contributed by atoms with E-state index in [0.717, 1.165) is 29.3 Å². The highest BCUT2D eigenvalue weighted by Gasteiger charge is 2.23. The summed E-state index contributed by atoms with van der Waals surface area (Å²) < 4.78 is 53.4. The van der Waals surface area contributed by atoms with E-state index in [0.29, 0.717) is 0 Å². The largest absolute Gasteiger partial charge is 0.279 e. The minimum absolute atomic E-state index is 0.269. The second-order valence-corrected chi connectivity index (χ2v) is 6.15. The van der Waals surface area contributed by atoms with Crippen LogP contribution in [0.4, 0.5) is 14.5 Å². The lowest BCUT2D eigenvalue weighted by atomic mass is 10.1. The molecule has 2 aromatic carbocycles. The van der Waals surface area contributed by atoms with Crippen molar-refractivity contribution in [3.63, 3.8) is 0 Å². The first kappa shape index (κ1) is 14.5. The van der Waals surface area contributed by atoms with E-state index >= 15 is 0 Å². The molecule has 0 unspecified atom stereocenters. The lowest BCUT2D eigenvalue weighted by Gasteiger charge is -2.11. The molecule has 2 rings (SSSR count). The summed E-state index contributed by atoms with van der Waals surface area (Å²) in [6.07, 6.45) is 0. The first-order chi connectivity index (χ1) is 9.29. The van der Waals surface area contributed by atoms with Crippen LogP contribution < -0.4 is 4.72 Å². The monoisotopic (exact) mass is 297 g/mol. The van der Waals surface area contributed by atoms with Gasteiger partial charge in [0, 0.05) is 5.69 Å². The van der Waals surface area contributed by atoms with Crippen molar-refractivity contribution in [1.82, 2.24) is 0 Å². The second kappa shape index (κ2) is 5.20. The minimum Gasteiger partial charge on any atom is -0.279 e. The number of sulfonamides is 1. The summed E-state index contributed by atoms with van der Waals surface area (Å²) in [4.78, 5) is -0.973. The van der Waals surface area contributed by atoms with Gasteiger partial charge in [0.1, 0.15) is 11.6 Å². The van der Waals surface area contributed by atoms with Gasteiger partial charge in [0.25, 0.3) is 10.0 Å². The van der Waals surface area contributed by atoms with E-state index in [1.54, 1.807) is 26.0 Å². The van der Waals surface area contributed by atoms with Crippen molar-refractivity contribution in [2.24, 2.45) is 0 Å². The first-order valence-corrected chi connectivity index (χ1v) is 7.33. The van der Waals surface area contributed by atoms with Crippen LogP contribution in [0.25, 0.3) is 0 Å². The molecule has 106 valence electrons. The molecule has 1 N–H and O–H groups in total. The van der Waals surface area contributed by atoms with Crippen LogP contribution in [0.15, 0.2) is 41.3 Å². The Kier molecular flexibility index (Phi) is 3.76. The summed E-state index contributed by atoms with van der Waals surface area (Å²) in [5, 5.41) is 0. The quantitative estimate of drug-likeness (QED) is 0.944. The van der Waals surface area contributed by atoms with Gasteiger partial charge < -0.3 is 0 Å². The third kappa shape index (κ3) is 2.96. The minimum atomic E-state index is -4.31. The van der Waals surface area contributed by atoms with Crippen LogP contribution >= 0.6 is 0 Å². The molecule has 0 saturated carbocycles. The molecule has 0 fully saturated rings. The molecule has 0 bridgehead atoms. The van der Waals surface area contributed by atoms with Gasteiger partial charge in [-0.2, -0.15) is 0 Å². The van der Waals surface area contributed by atoms with Crippen molar-refractivity contribution in [3.8, 4) is 0 Å². The van der Waals surface area contributed by atoms with Gasteiger partial charge in [0.05, 0.1) is 0 Å². The third-order valence-corrected chi connectivity index (χ3v) is 4.09. The first-order valence-electron chi connectivity index (χ1n) is 5.85. The van der Waals surface area contributed by atoms with Gasteiger partial charge in [-0.15, -0.1) is 0 Å². The highest BCUT2D eigenvalue weighted by Crippen LogP contribution is 2.23. The smallest absolute Gasteiger partial charge is 0.267 e. The normalized spacial score (nSPS) is 11.4. The van der Waals surface area contributed by atoms with E-state index in [1.807, 2.05) is 6.07 Å². The number of rotatable bonds is 3. The van der Waals surface area contributed by atoms with Gasteiger partial charge in [0.2, 0.25) is 0 Å². The van der Waals surface area contributed by atoms with Crippen LogP contribution in [0.2, 0.25) is 0 Å². The number of nitrogens with one attached hydrogen (secondary N) is 1. The average molecular weight is 297 g/mol. The molecule has 0 radical (unpaired) electrons. The van der Waals surface area contributed by atoms with Gasteiger partial charge in [-0.1, -0.05) is 12.1 Å². The maximum absolute atomic E-state index is 13.5. The maximum Gasteiger partial charge on any atom is 0.267 e. The zero-order valence-electron chi connectivity index (χ0n) is 10.9. The van der Waals surface area contributed by atoms with E-state index in [4.69, 9.17) is 0 Å². The van der Waals surface area contributed by atoms with Crippen molar-refractivity contribution >= 4 is 15.7 Å². The number of hydrogen-bond donors (Lipinski definition) is 1. The summed E-state index contributed by atoms with van der Waals surface area (Å²) in [5.74, 6) is -2.25. The Morgan fingerprint density at radius 3 is 1.95 bits per heavy atom. The number of hydrogen-bond acceptors (Lipinski definition) is 2. The molecule has 0 amide bonds. The highest BCUT2D eigenvalue weighted by molar-refractivity contribution is 7.92. The molecule has 20 heavy (non-hydrogen) atoms. The Morgan fingerprint density at radius 1 is 0.950 bits per heavy atom. The number of aryl methyl sites for hydroxylation is 2. The molecule has 2 aromatic rings. The standard InChI is InChI=1S/C14H13F2NO2S/c1-9-6-10(2)8-11(7-9)17-20(18,19)14-12(15)4-3-5-13(14)16/h3-8,17H,1-2H3. The zero-order valence-corrected chi connectivity index (χ0v) is 11.8. The second-order valence-electron chi connectivity index (χ2n) is 4.53. The van der Waals surface area contributed by atoms with E-state index in [-0.39, 0.29) is 5.69 Å². The summed E-state index contributed by atoms with van der Waals surface area (Å²) in [6.45, 7) is 3.60. The Hall–Kier alpha value is -1.95. The fourth-order valence-electron chi connectivity index (χ4n) is 1.98. The van der Waals surface area contributed by atoms with Crippen LogP contribution in [-0.4, -0.2) is 8.42 Å². The molecule has 0 spiro atoms. The van der Waals surface area contributed by atoms with Crippen LogP contribution in [0, 0.1) is 25.5 Å². The molecular formula is C14H13F2NO2S. The van der Waals surface area contributed by atoms with Gasteiger partial charge in [-0.3, -0.25) is 4.72 Å². The van der Waals surface area contributed by atoms with E-state index in [2.05, 4.69) is 4.72 Å². The lowest BCUT2D eigenvalue weighted by molar-refractivity contribution is 0.521. The predicted molar refractivity (Wildman–Crippen MR) is 73.1 cm³/mol. The van der Waals surface area contributed by atoms with Crippen molar-refractivity contribution in [1.29, 1.82) is 0 Å². The van der Waals surface area contributed by atoms with Crippen molar-refractivity contribution < 1.29 is 17.2 Å². The lowest BCUT2D eigenvalue weighted by Crippen LogP contribution is -2.16. The van der Waals surface area contributed by atoms with Crippen molar-refractivity contribution in [2.75, 3.05) is 4.72 Å². The van der Waals surface area contributed by atoms with E-state index < -0.39 is 26.6 Å². The van der Waals surface area contributed by atoms with E-state index in [9.17, 15) is 17.2 Å². The average Bonchev–Trinajstić information content (AvgIpc) is 2.25. The molecule has 0 atom stereocenters. The SMILES string of the molecule is Cc1cc(C)cc(NS(=O)(=O)c2c(F)cccc2F)c1. The fraction of sp³-hybridized carbons (Fsp3) is 0.143. The summed E-state index contributed by atoms with van der Waals surface area (Å²) >= 11 is 0. The molecule has 0 saturated heterocycles. The Bertz CT molecular complexity index is 717. The Morgan fingerprint density at radius 2 is 1.45 bits per heavy atom. The maximum atomic E-state index is 13.5. The molecule has 0 heterocycles. The predicted octanol–water partition coefficient (Wildman–Crippen LogP) is 3.38. The Balaban J connectivity index is 2.46. The van der Waals surface area contributed by atoms with Crippen LogP contribution in [0.5, 0.6) is 0 Å². The number of halogens is 2. The summed E-state index contributed by atoms with van der Waals surface area (Å²) in [6, 6.07) is 7.95. The van der Waals surface area contributed by atoms with Gasteiger partial charge in [0.15, 0.2) is 4.90 Å². The molecule has 0 aromatic heterocycles. The van der Waals surface area contributed by atoms with Gasteiger partial charge in [-0.05, 0) is 49.2 Å². The third-order valence-electron chi connectivity index (χ3n) is 2.66. The van der Waals surface area contributed by atoms with Crippen LogP contribution in [-0.2, 0) is 10.0 Å². The zero-order chi connectivity index (χ0) is 14.9. The van der Waals surface area contributed by atoms with Crippen LogP contribution in [0.1, 0.15) is 11.1 Å². The van der Waals surface area contributed by atoms with Gasteiger partial charge >= 0.3 is 0 Å². The van der Waals surface area contributed by atoms with Crippen LogP contribution in [0.3, 0.4) is 0 Å². The molecule has 0 aliphatic carbocycles. The summed E-state index contributed by atoms with van der Waals surface area (Å²) in [5.41, 5.74) is 1.96. The molecule has 0 aliphatic rings. The van der Waals surface area contributed by atoms with E-state index in [1.165, 1.54) is 0 Å². The Labute approximate surface area is 116 Å². The van der Waals surface area contributed by atoms with Crippen molar-refractivity contribution in [3.05, 3.63) is 59.2 Å². The highest BCUT2D eigenvalue weighted by atomic mass is 32.2. The molecular weight excluding hydrogens is 284 g/mol. The molecule has 3 nitrogen and oxygen atoms in total. The number of benzene rings is 2.